The number of nitrogens with one attached hydrogen (secondary N) is 1. The van der Waals surface area contributed by atoms with Gasteiger partial charge in [-0.1, -0.05) is 62.2 Å². The van der Waals surface area contributed by atoms with E-state index in [1.165, 1.54) is 16.7 Å². The zero-order valence-corrected chi connectivity index (χ0v) is 15.1. The Bertz CT molecular complexity index is 595. The van der Waals surface area contributed by atoms with Crippen molar-refractivity contribution in [3.05, 3.63) is 68.1 Å². The van der Waals surface area contributed by atoms with Crippen LogP contribution in [0.2, 0.25) is 0 Å². The van der Waals surface area contributed by atoms with Gasteiger partial charge < -0.3 is 5.32 Å². The van der Waals surface area contributed by atoms with Crippen LogP contribution in [0.5, 0.6) is 0 Å². The van der Waals surface area contributed by atoms with Crippen molar-refractivity contribution in [2.24, 2.45) is 0 Å². The van der Waals surface area contributed by atoms with Gasteiger partial charge in [-0.25, -0.2) is 0 Å². The van der Waals surface area contributed by atoms with Crippen LogP contribution in [-0.2, 0) is 0 Å². The predicted octanol–water partition coefficient (Wildman–Crippen LogP) is 5.93. The number of benzene rings is 2. The van der Waals surface area contributed by atoms with Gasteiger partial charge in [0.05, 0.1) is 0 Å². The largest absolute Gasteiger partial charge is 0.304 e. The zero-order chi connectivity index (χ0) is 14.7. The second-order valence-corrected chi connectivity index (χ2v) is 6.90. The van der Waals surface area contributed by atoms with E-state index in [0.29, 0.717) is 6.04 Å². The average molecular weight is 397 g/mol. The molecule has 20 heavy (non-hydrogen) atoms. The highest BCUT2D eigenvalue weighted by Gasteiger charge is 2.14. The molecule has 3 heteroatoms. The normalized spacial score (nSPS) is 14.1. The predicted molar refractivity (Wildman–Crippen MR) is 93.0 cm³/mol. The van der Waals surface area contributed by atoms with Crippen molar-refractivity contribution >= 4 is 31.9 Å². The van der Waals surface area contributed by atoms with Gasteiger partial charge >= 0.3 is 0 Å². The fourth-order valence-electron chi connectivity index (χ4n) is 2.48. The van der Waals surface area contributed by atoms with Gasteiger partial charge in [0.25, 0.3) is 0 Å². The second kappa shape index (κ2) is 6.88. The summed E-state index contributed by atoms with van der Waals surface area (Å²) in [7, 11) is 0. The van der Waals surface area contributed by atoms with Crippen molar-refractivity contribution in [3.63, 3.8) is 0 Å². The van der Waals surface area contributed by atoms with Gasteiger partial charge in [-0.2, -0.15) is 0 Å². The maximum absolute atomic E-state index is 3.67. The van der Waals surface area contributed by atoms with Crippen LogP contribution in [0.25, 0.3) is 0 Å². The van der Waals surface area contributed by atoms with Crippen molar-refractivity contribution in [2.75, 3.05) is 0 Å². The number of hydrogen-bond acceptors (Lipinski definition) is 1. The Hall–Kier alpha value is -0.640. The molecule has 1 N–H and O–H groups in total. The Morgan fingerprint density at radius 2 is 1.55 bits per heavy atom. The third kappa shape index (κ3) is 3.72. The van der Waals surface area contributed by atoms with Crippen LogP contribution in [0.1, 0.15) is 42.6 Å². The Morgan fingerprint density at radius 1 is 0.900 bits per heavy atom. The van der Waals surface area contributed by atoms with Crippen molar-refractivity contribution in [3.8, 4) is 0 Å². The van der Waals surface area contributed by atoms with E-state index < -0.39 is 0 Å². The Labute approximate surface area is 138 Å². The van der Waals surface area contributed by atoms with E-state index in [1.54, 1.807) is 0 Å². The lowest BCUT2D eigenvalue weighted by Gasteiger charge is -2.23. The van der Waals surface area contributed by atoms with E-state index in [0.717, 1.165) is 8.95 Å². The number of halogens is 2. The Balaban J connectivity index is 2.15. The van der Waals surface area contributed by atoms with Gasteiger partial charge in [0.2, 0.25) is 0 Å². The second-order valence-electron chi connectivity index (χ2n) is 5.13. The summed E-state index contributed by atoms with van der Waals surface area (Å²) in [4.78, 5) is 0. The standard InChI is InChI=1S/C17H19Br2N/c1-11-6-4-5-7-15(11)12(2)20-13(3)16-9-8-14(18)10-17(16)19/h4-10,12-13,20H,1-3H3/t12-,13?/m1/s1. The van der Waals surface area contributed by atoms with Crippen molar-refractivity contribution < 1.29 is 0 Å². The number of hydrogen-bond donors (Lipinski definition) is 1. The van der Waals surface area contributed by atoms with Crippen LogP contribution in [-0.4, -0.2) is 0 Å². The number of rotatable bonds is 4. The van der Waals surface area contributed by atoms with Crippen LogP contribution in [0.4, 0.5) is 0 Å². The highest BCUT2D eigenvalue weighted by molar-refractivity contribution is 9.11. The zero-order valence-electron chi connectivity index (χ0n) is 12.0. The van der Waals surface area contributed by atoms with Crippen LogP contribution in [0.3, 0.4) is 0 Å². The molecule has 0 aromatic heterocycles. The first-order valence-corrected chi connectivity index (χ1v) is 8.34. The molecule has 0 heterocycles. The molecule has 0 aliphatic carbocycles. The third-order valence-electron chi connectivity index (χ3n) is 3.58. The first-order chi connectivity index (χ1) is 9.49. The lowest BCUT2D eigenvalue weighted by molar-refractivity contribution is 0.492. The maximum Gasteiger partial charge on any atom is 0.0308 e. The lowest BCUT2D eigenvalue weighted by Crippen LogP contribution is -2.23. The highest BCUT2D eigenvalue weighted by atomic mass is 79.9. The third-order valence-corrected chi connectivity index (χ3v) is 4.76. The van der Waals surface area contributed by atoms with Crippen molar-refractivity contribution in [1.29, 1.82) is 0 Å². The molecule has 0 bridgehead atoms. The molecule has 1 unspecified atom stereocenters. The SMILES string of the molecule is Cc1ccccc1[C@@H](C)NC(C)c1ccc(Br)cc1Br. The lowest BCUT2D eigenvalue weighted by atomic mass is 10.0. The summed E-state index contributed by atoms with van der Waals surface area (Å²) in [5.74, 6) is 0. The monoisotopic (exact) mass is 395 g/mol. The van der Waals surface area contributed by atoms with Gasteiger partial charge in [0.1, 0.15) is 0 Å². The molecular formula is C17H19Br2N. The highest BCUT2D eigenvalue weighted by Crippen LogP contribution is 2.29. The molecule has 0 saturated heterocycles. The average Bonchev–Trinajstić information content (AvgIpc) is 2.38. The van der Waals surface area contributed by atoms with E-state index in [4.69, 9.17) is 0 Å². The fraction of sp³-hybridized carbons (Fsp3) is 0.294. The Kier molecular flexibility index (Phi) is 5.42. The minimum atomic E-state index is 0.284. The molecule has 2 aromatic carbocycles. The summed E-state index contributed by atoms with van der Waals surface area (Å²) >= 11 is 7.13. The molecule has 106 valence electrons. The minimum Gasteiger partial charge on any atom is -0.304 e. The summed E-state index contributed by atoms with van der Waals surface area (Å²) in [5.41, 5.74) is 3.95. The summed E-state index contributed by atoms with van der Waals surface area (Å²) in [6.07, 6.45) is 0. The Morgan fingerprint density at radius 3 is 2.20 bits per heavy atom. The molecule has 0 spiro atoms. The molecule has 0 radical (unpaired) electrons. The molecule has 2 aromatic rings. The summed E-state index contributed by atoms with van der Waals surface area (Å²) in [5, 5.41) is 3.67. The van der Waals surface area contributed by atoms with Crippen molar-refractivity contribution in [2.45, 2.75) is 32.9 Å². The van der Waals surface area contributed by atoms with E-state index in [9.17, 15) is 0 Å². The molecule has 2 atom stereocenters. The molecule has 0 saturated carbocycles. The van der Waals surface area contributed by atoms with Gasteiger partial charge in [-0.3, -0.25) is 0 Å². The van der Waals surface area contributed by atoms with E-state index in [-0.39, 0.29) is 6.04 Å². The fourth-order valence-corrected chi connectivity index (χ4v) is 3.87. The van der Waals surface area contributed by atoms with Gasteiger partial charge in [0.15, 0.2) is 0 Å². The first-order valence-electron chi connectivity index (χ1n) is 6.75. The van der Waals surface area contributed by atoms with Crippen LogP contribution >= 0.6 is 31.9 Å². The van der Waals surface area contributed by atoms with E-state index in [2.05, 4.69) is 100 Å². The summed E-state index contributed by atoms with van der Waals surface area (Å²) in [6, 6.07) is 15.5. The van der Waals surface area contributed by atoms with Crippen LogP contribution < -0.4 is 5.32 Å². The van der Waals surface area contributed by atoms with Gasteiger partial charge in [-0.05, 0) is 49.6 Å². The topological polar surface area (TPSA) is 12.0 Å². The van der Waals surface area contributed by atoms with E-state index >= 15 is 0 Å². The minimum absolute atomic E-state index is 0.284. The molecule has 0 amide bonds. The van der Waals surface area contributed by atoms with Crippen LogP contribution in [0, 0.1) is 6.92 Å². The summed E-state index contributed by atoms with van der Waals surface area (Å²) in [6.45, 7) is 6.57. The first kappa shape index (κ1) is 15.7. The van der Waals surface area contributed by atoms with Crippen molar-refractivity contribution in [1.82, 2.24) is 5.32 Å². The van der Waals surface area contributed by atoms with Crippen LogP contribution in [0.15, 0.2) is 51.4 Å². The maximum atomic E-state index is 3.67. The van der Waals surface area contributed by atoms with Gasteiger partial charge in [-0.15, -0.1) is 0 Å². The molecule has 0 aliphatic heterocycles. The summed E-state index contributed by atoms with van der Waals surface area (Å²) < 4.78 is 2.22. The molecule has 0 aliphatic rings. The molecule has 1 nitrogen and oxygen atoms in total. The quantitative estimate of drug-likeness (QED) is 0.674. The van der Waals surface area contributed by atoms with Gasteiger partial charge in [0, 0.05) is 21.0 Å². The smallest absolute Gasteiger partial charge is 0.0308 e. The molecular weight excluding hydrogens is 378 g/mol. The molecule has 0 fully saturated rings. The molecule has 2 rings (SSSR count). The van der Waals surface area contributed by atoms with E-state index in [1.807, 2.05) is 0 Å². The number of aryl methyl sites for hydroxylation is 1.